The molecule has 10 heteroatoms. The quantitative estimate of drug-likeness (QED) is 0.669. The lowest BCUT2D eigenvalue weighted by Gasteiger charge is -2.25. The van der Waals surface area contributed by atoms with Gasteiger partial charge in [-0.3, -0.25) is 9.59 Å². The van der Waals surface area contributed by atoms with Gasteiger partial charge in [-0.1, -0.05) is 19.1 Å². The average Bonchev–Trinajstić information content (AvgIpc) is 3.05. The maximum atomic E-state index is 13.0. The molecule has 2 amide bonds. The van der Waals surface area contributed by atoms with E-state index in [1.54, 1.807) is 19.9 Å². The molecule has 2 heterocycles. The van der Waals surface area contributed by atoms with E-state index in [0.717, 1.165) is 12.1 Å². The first-order valence-electron chi connectivity index (χ1n) is 9.17. The van der Waals surface area contributed by atoms with Crippen molar-refractivity contribution in [1.29, 1.82) is 0 Å². The topological polar surface area (TPSA) is 71.5 Å². The molecule has 1 unspecified atom stereocenters. The molecule has 1 aliphatic heterocycles. The number of nitrogens with one attached hydrogen (secondary N) is 1. The van der Waals surface area contributed by atoms with E-state index < -0.39 is 24.3 Å². The van der Waals surface area contributed by atoms with Crippen LogP contribution in [0.15, 0.2) is 36.5 Å². The third kappa shape index (κ3) is 4.22. The highest BCUT2D eigenvalue weighted by atomic mass is 19.3. The van der Waals surface area contributed by atoms with Crippen LogP contribution in [0.3, 0.4) is 0 Å². The molecule has 0 radical (unpaired) electrons. The second kappa shape index (κ2) is 8.29. The van der Waals surface area contributed by atoms with Gasteiger partial charge in [0.05, 0.1) is 12.6 Å². The Balaban J connectivity index is 1.77. The average molecular weight is 425 g/mol. The number of fused-ring (bicyclic) bond motifs is 1. The van der Waals surface area contributed by atoms with Crippen LogP contribution in [0.25, 0.3) is 0 Å². The zero-order valence-corrected chi connectivity index (χ0v) is 16.2. The fourth-order valence-electron chi connectivity index (χ4n) is 3.09. The monoisotopic (exact) mass is 425 g/mol. The van der Waals surface area contributed by atoms with E-state index in [1.807, 2.05) is 0 Å². The van der Waals surface area contributed by atoms with E-state index in [9.17, 15) is 27.2 Å². The number of alkyl halides is 4. The number of hydrogen-bond acceptors (Lipinski definition) is 4. The molecule has 160 valence electrons. The number of halogens is 4. The zero-order valence-electron chi connectivity index (χ0n) is 16.2. The minimum atomic E-state index is -4.59. The van der Waals surface area contributed by atoms with E-state index in [-0.39, 0.29) is 24.8 Å². The molecule has 30 heavy (non-hydrogen) atoms. The Morgan fingerprint density at radius 2 is 1.93 bits per heavy atom. The van der Waals surface area contributed by atoms with E-state index in [1.165, 1.54) is 23.2 Å². The molecule has 3 rings (SSSR count). The van der Waals surface area contributed by atoms with Crippen LogP contribution in [0.5, 0.6) is 5.75 Å². The number of aromatic nitrogens is 1. The largest absolute Gasteiger partial charge is 0.461 e. The first-order chi connectivity index (χ1) is 14.1. The highest BCUT2D eigenvalue weighted by Gasteiger charge is 2.44. The van der Waals surface area contributed by atoms with Crippen molar-refractivity contribution < 1.29 is 31.9 Å². The molecule has 1 aromatic heterocycles. The number of hydrogen-bond donors (Lipinski definition) is 1. The standard InChI is InChI=1S/C20H19F4N3O3/c1-3-16(28)26-17-15-10-27(18(29)14(15)8-9-25-17)11(2)12-4-6-13(7-5-12)30-20(23,24)19(21)22/h4-9,11,19H,3,10H2,1-2H3,(H,25,26,28). The number of benzene rings is 1. The Kier molecular flexibility index (Phi) is 5.95. The summed E-state index contributed by atoms with van der Waals surface area (Å²) in [6, 6.07) is 6.25. The molecule has 1 aromatic carbocycles. The normalized spacial score (nSPS) is 14.6. The van der Waals surface area contributed by atoms with Gasteiger partial charge in [-0.2, -0.15) is 17.6 Å². The van der Waals surface area contributed by atoms with Gasteiger partial charge in [0.15, 0.2) is 0 Å². The molecule has 1 N–H and O–H groups in total. The number of ether oxygens (including phenoxy) is 1. The lowest BCUT2D eigenvalue weighted by Crippen LogP contribution is -2.33. The summed E-state index contributed by atoms with van der Waals surface area (Å²) in [6.07, 6.45) is -6.84. The first-order valence-corrected chi connectivity index (χ1v) is 9.17. The van der Waals surface area contributed by atoms with Gasteiger partial charge >= 0.3 is 12.5 Å². The predicted molar refractivity (Wildman–Crippen MR) is 99.5 cm³/mol. The fraction of sp³-hybridized carbons (Fsp3) is 0.350. The van der Waals surface area contributed by atoms with Crippen molar-refractivity contribution >= 4 is 17.6 Å². The van der Waals surface area contributed by atoms with Gasteiger partial charge in [-0.25, -0.2) is 4.98 Å². The van der Waals surface area contributed by atoms with Crippen molar-refractivity contribution in [2.75, 3.05) is 5.32 Å². The second-order valence-corrected chi connectivity index (χ2v) is 6.73. The number of carbonyl (C=O) groups excluding carboxylic acids is 2. The number of rotatable bonds is 7. The summed E-state index contributed by atoms with van der Waals surface area (Å²) in [6.45, 7) is 3.64. The molecule has 0 fully saturated rings. The summed E-state index contributed by atoms with van der Waals surface area (Å²) in [5, 5.41) is 2.67. The number of anilines is 1. The van der Waals surface area contributed by atoms with Crippen LogP contribution in [-0.2, 0) is 11.3 Å². The Morgan fingerprint density at radius 3 is 2.53 bits per heavy atom. The highest BCUT2D eigenvalue weighted by molar-refractivity contribution is 6.01. The van der Waals surface area contributed by atoms with Crippen LogP contribution in [0.4, 0.5) is 23.4 Å². The Bertz CT molecular complexity index is 951. The minimum Gasteiger partial charge on any atom is -0.428 e. The second-order valence-electron chi connectivity index (χ2n) is 6.73. The summed E-state index contributed by atoms with van der Waals surface area (Å²) in [5.41, 5.74) is 1.60. The number of pyridine rings is 1. The van der Waals surface area contributed by atoms with Crippen molar-refractivity contribution in [2.45, 2.75) is 45.4 Å². The van der Waals surface area contributed by atoms with Gasteiger partial charge in [0.2, 0.25) is 5.91 Å². The molecular weight excluding hydrogens is 406 g/mol. The summed E-state index contributed by atoms with van der Waals surface area (Å²) >= 11 is 0. The van der Waals surface area contributed by atoms with Gasteiger partial charge < -0.3 is 15.0 Å². The SMILES string of the molecule is CCC(=O)Nc1nccc2c1CN(C(C)c1ccc(OC(F)(F)C(F)F)cc1)C2=O. The van der Waals surface area contributed by atoms with Crippen LogP contribution in [-0.4, -0.2) is 34.2 Å². The van der Waals surface area contributed by atoms with Gasteiger partial charge in [0.1, 0.15) is 11.6 Å². The van der Waals surface area contributed by atoms with E-state index in [2.05, 4.69) is 15.0 Å². The van der Waals surface area contributed by atoms with Crippen molar-refractivity contribution in [3.05, 3.63) is 53.2 Å². The van der Waals surface area contributed by atoms with Crippen LogP contribution < -0.4 is 10.1 Å². The summed E-state index contributed by atoms with van der Waals surface area (Å²) in [5.74, 6) is -0.594. The van der Waals surface area contributed by atoms with E-state index in [4.69, 9.17) is 0 Å². The Hall–Kier alpha value is -3.17. The van der Waals surface area contributed by atoms with Crippen molar-refractivity contribution in [2.24, 2.45) is 0 Å². The maximum Gasteiger partial charge on any atom is 0.461 e. The maximum absolute atomic E-state index is 13.0. The lowest BCUT2D eigenvalue weighted by atomic mass is 10.1. The molecule has 1 aliphatic rings. The highest BCUT2D eigenvalue weighted by Crippen LogP contribution is 2.35. The predicted octanol–water partition coefficient (Wildman–Crippen LogP) is 4.38. The summed E-state index contributed by atoms with van der Waals surface area (Å²) in [7, 11) is 0. The van der Waals surface area contributed by atoms with Crippen LogP contribution in [0, 0.1) is 0 Å². The summed E-state index contributed by atoms with van der Waals surface area (Å²) < 4.78 is 54.6. The molecule has 0 spiro atoms. The van der Waals surface area contributed by atoms with Crippen molar-refractivity contribution in [3.63, 3.8) is 0 Å². The lowest BCUT2D eigenvalue weighted by molar-refractivity contribution is -0.253. The number of carbonyl (C=O) groups is 2. The zero-order chi connectivity index (χ0) is 22.1. The van der Waals surface area contributed by atoms with E-state index >= 15 is 0 Å². The van der Waals surface area contributed by atoms with Crippen molar-refractivity contribution in [1.82, 2.24) is 9.88 Å². The van der Waals surface area contributed by atoms with Crippen LogP contribution >= 0.6 is 0 Å². The molecular formula is C20H19F4N3O3. The number of amides is 2. The molecule has 2 aromatic rings. The fourth-order valence-corrected chi connectivity index (χ4v) is 3.09. The van der Waals surface area contributed by atoms with Gasteiger partial charge in [0.25, 0.3) is 5.91 Å². The number of nitrogens with zero attached hydrogens (tertiary/aromatic N) is 2. The van der Waals surface area contributed by atoms with Gasteiger partial charge in [-0.15, -0.1) is 0 Å². The van der Waals surface area contributed by atoms with Crippen LogP contribution in [0.2, 0.25) is 0 Å². The minimum absolute atomic E-state index is 0.199. The summed E-state index contributed by atoms with van der Waals surface area (Å²) in [4.78, 5) is 30.2. The van der Waals surface area contributed by atoms with Gasteiger partial charge in [0, 0.05) is 23.7 Å². The molecule has 0 bridgehead atoms. The first kappa shape index (κ1) is 21.5. The van der Waals surface area contributed by atoms with Crippen molar-refractivity contribution in [3.8, 4) is 5.75 Å². The smallest absolute Gasteiger partial charge is 0.428 e. The molecule has 0 saturated heterocycles. The van der Waals surface area contributed by atoms with Crippen LogP contribution in [0.1, 0.15) is 47.8 Å². The Morgan fingerprint density at radius 1 is 1.27 bits per heavy atom. The molecule has 1 atom stereocenters. The van der Waals surface area contributed by atoms with Gasteiger partial charge in [-0.05, 0) is 30.7 Å². The third-order valence-corrected chi connectivity index (χ3v) is 4.79. The molecule has 0 saturated carbocycles. The van der Waals surface area contributed by atoms with E-state index in [0.29, 0.717) is 22.5 Å². The Labute approximate surface area is 169 Å². The third-order valence-electron chi connectivity index (χ3n) is 4.79. The molecule has 0 aliphatic carbocycles. The molecule has 6 nitrogen and oxygen atoms in total.